The minimum atomic E-state index is -0.552. The molecular formula is C14H20N2O5. The topological polar surface area (TPSA) is 97.5 Å². The van der Waals surface area contributed by atoms with E-state index in [0.29, 0.717) is 16.8 Å². The van der Waals surface area contributed by atoms with E-state index in [-0.39, 0.29) is 18.3 Å². The SMILES string of the molecule is COC(=O)CNC(=O)c1[nH]c(C)c(C(=O)OC(C)C)c1C. The monoisotopic (exact) mass is 296 g/mol. The van der Waals surface area contributed by atoms with Crippen molar-refractivity contribution in [2.24, 2.45) is 0 Å². The Morgan fingerprint density at radius 1 is 1.24 bits per heavy atom. The van der Waals surface area contributed by atoms with Gasteiger partial charge in [-0.1, -0.05) is 0 Å². The Kier molecular flexibility index (Phi) is 5.52. The summed E-state index contributed by atoms with van der Waals surface area (Å²) < 4.78 is 9.58. The van der Waals surface area contributed by atoms with E-state index >= 15 is 0 Å². The van der Waals surface area contributed by atoms with Gasteiger partial charge in [0.25, 0.3) is 5.91 Å². The molecule has 0 spiro atoms. The van der Waals surface area contributed by atoms with Crippen molar-refractivity contribution in [1.29, 1.82) is 0 Å². The quantitative estimate of drug-likeness (QED) is 0.793. The highest BCUT2D eigenvalue weighted by molar-refractivity contribution is 6.01. The van der Waals surface area contributed by atoms with Gasteiger partial charge in [0.2, 0.25) is 0 Å². The molecule has 0 aliphatic carbocycles. The maximum atomic E-state index is 12.0. The lowest BCUT2D eigenvalue weighted by Gasteiger charge is -2.08. The molecule has 1 heterocycles. The van der Waals surface area contributed by atoms with Crippen LogP contribution in [0.15, 0.2) is 0 Å². The van der Waals surface area contributed by atoms with E-state index in [1.54, 1.807) is 27.7 Å². The van der Waals surface area contributed by atoms with Gasteiger partial charge in [0.1, 0.15) is 12.2 Å². The normalized spacial score (nSPS) is 10.4. The summed E-state index contributed by atoms with van der Waals surface area (Å²) in [4.78, 5) is 37.8. The first-order valence-electron chi connectivity index (χ1n) is 6.53. The van der Waals surface area contributed by atoms with Gasteiger partial charge in [-0.3, -0.25) is 9.59 Å². The average Bonchev–Trinajstić information content (AvgIpc) is 2.70. The Morgan fingerprint density at radius 3 is 2.38 bits per heavy atom. The van der Waals surface area contributed by atoms with E-state index in [2.05, 4.69) is 15.0 Å². The molecule has 0 aromatic carbocycles. The van der Waals surface area contributed by atoms with Gasteiger partial charge in [0, 0.05) is 5.69 Å². The third kappa shape index (κ3) is 4.08. The van der Waals surface area contributed by atoms with Crippen molar-refractivity contribution in [1.82, 2.24) is 10.3 Å². The second-order valence-electron chi connectivity index (χ2n) is 4.84. The lowest BCUT2D eigenvalue weighted by atomic mass is 10.1. The van der Waals surface area contributed by atoms with Gasteiger partial charge < -0.3 is 19.8 Å². The maximum absolute atomic E-state index is 12.0. The minimum Gasteiger partial charge on any atom is -0.468 e. The van der Waals surface area contributed by atoms with Crippen LogP contribution in [0.2, 0.25) is 0 Å². The predicted molar refractivity (Wildman–Crippen MR) is 75.2 cm³/mol. The number of aryl methyl sites for hydroxylation is 1. The molecule has 7 heteroatoms. The van der Waals surface area contributed by atoms with Crippen LogP contribution >= 0.6 is 0 Å². The molecule has 1 aromatic heterocycles. The first-order valence-corrected chi connectivity index (χ1v) is 6.53. The Morgan fingerprint density at radius 2 is 1.86 bits per heavy atom. The Hall–Kier alpha value is -2.31. The Bertz CT molecular complexity index is 560. The molecule has 1 rings (SSSR count). The van der Waals surface area contributed by atoms with Crippen LogP contribution < -0.4 is 5.32 Å². The molecule has 0 saturated carbocycles. The molecule has 0 bridgehead atoms. The van der Waals surface area contributed by atoms with E-state index in [0.717, 1.165) is 0 Å². The van der Waals surface area contributed by atoms with E-state index < -0.39 is 17.8 Å². The van der Waals surface area contributed by atoms with E-state index in [4.69, 9.17) is 4.74 Å². The number of amides is 1. The predicted octanol–water partition coefficient (Wildman–Crippen LogP) is 1.10. The number of carbonyl (C=O) groups is 3. The van der Waals surface area contributed by atoms with Gasteiger partial charge in [-0.15, -0.1) is 0 Å². The first-order chi connectivity index (χ1) is 9.77. The number of H-pyrrole nitrogens is 1. The number of aromatic nitrogens is 1. The molecule has 1 amide bonds. The molecule has 2 N–H and O–H groups in total. The molecular weight excluding hydrogens is 276 g/mol. The summed E-state index contributed by atoms with van der Waals surface area (Å²) in [7, 11) is 1.23. The van der Waals surface area contributed by atoms with Gasteiger partial charge >= 0.3 is 11.9 Å². The molecule has 7 nitrogen and oxygen atoms in total. The summed E-state index contributed by atoms with van der Waals surface area (Å²) in [6.45, 7) is 6.59. The molecule has 0 saturated heterocycles. The zero-order valence-electron chi connectivity index (χ0n) is 12.8. The zero-order chi connectivity index (χ0) is 16.2. The number of aromatic amines is 1. The van der Waals surface area contributed by atoms with Crippen molar-refractivity contribution in [2.45, 2.75) is 33.8 Å². The van der Waals surface area contributed by atoms with Gasteiger partial charge in [0.15, 0.2) is 0 Å². The highest BCUT2D eigenvalue weighted by Crippen LogP contribution is 2.19. The van der Waals surface area contributed by atoms with Crippen molar-refractivity contribution >= 4 is 17.8 Å². The van der Waals surface area contributed by atoms with Gasteiger partial charge in [-0.05, 0) is 33.3 Å². The number of hydrogen-bond donors (Lipinski definition) is 2. The van der Waals surface area contributed by atoms with Crippen LogP contribution in [0.5, 0.6) is 0 Å². The van der Waals surface area contributed by atoms with Crippen molar-refractivity contribution in [3.8, 4) is 0 Å². The van der Waals surface area contributed by atoms with Crippen LogP contribution in [0.1, 0.15) is 46.0 Å². The van der Waals surface area contributed by atoms with Crippen molar-refractivity contribution < 1.29 is 23.9 Å². The van der Waals surface area contributed by atoms with Crippen molar-refractivity contribution in [2.75, 3.05) is 13.7 Å². The largest absolute Gasteiger partial charge is 0.468 e. The average molecular weight is 296 g/mol. The van der Waals surface area contributed by atoms with E-state index in [1.165, 1.54) is 7.11 Å². The van der Waals surface area contributed by atoms with Crippen LogP contribution in [0.4, 0.5) is 0 Å². The molecule has 116 valence electrons. The van der Waals surface area contributed by atoms with Gasteiger partial charge in [-0.25, -0.2) is 4.79 Å². The molecule has 0 aliphatic heterocycles. The fourth-order valence-corrected chi connectivity index (χ4v) is 1.87. The molecule has 0 unspecified atom stereocenters. The lowest BCUT2D eigenvalue weighted by molar-refractivity contribution is -0.139. The fraction of sp³-hybridized carbons (Fsp3) is 0.500. The zero-order valence-corrected chi connectivity index (χ0v) is 12.8. The van der Waals surface area contributed by atoms with Crippen molar-refractivity contribution in [3.63, 3.8) is 0 Å². The van der Waals surface area contributed by atoms with Gasteiger partial charge in [0.05, 0.1) is 18.8 Å². The number of esters is 2. The third-order valence-corrected chi connectivity index (χ3v) is 2.83. The molecule has 1 aromatic rings. The number of methoxy groups -OCH3 is 1. The van der Waals surface area contributed by atoms with Crippen molar-refractivity contribution in [3.05, 3.63) is 22.5 Å². The Labute approximate surface area is 123 Å². The summed E-state index contributed by atoms with van der Waals surface area (Å²) in [5, 5.41) is 2.41. The lowest BCUT2D eigenvalue weighted by Crippen LogP contribution is -2.30. The summed E-state index contributed by atoms with van der Waals surface area (Å²) in [5.74, 6) is -1.52. The number of nitrogens with one attached hydrogen (secondary N) is 2. The summed E-state index contributed by atoms with van der Waals surface area (Å²) >= 11 is 0. The number of ether oxygens (including phenoxy) is 2. The third-order valence-electron chi connectivity index (χ3n) is 2.83. The van der Waals surface area contributed by atoms with Crippen LogP contribution in [-0.2, 0) is 14.3 Å². The molecule has 0 fully saturated rings. The number of rotatable bonds is 5. The van der Waals surface area contributed by atoms with E-state index in [9.17, 15) is 14.4 Å². The van der Waals surface area contributed by atoms with Crippen LogP contribution in [0, 0.1) is 13.8 Å². The van der Waals surface area contributed by atoms with Gasteiger partial charge in [-0.2, -0.15) is 0 Å². The minimum absolute atomic E-state index is 0.229. The highest BCUT2D eigenvalue weighted by atomic mass is 16.5. The summed E-state index contributed by atoms with van der Waals surface area (Å²) in [6.07, 6.45) is -0.247. The molecule has 0 atom stereocenters. The number of hydrogen-bond acceptors (Lipinski definition) is 5. The highest BCUT2D eigenvalue weighted by Gasteiger charge is 2.23. The van der Waals surface area contributed by atoms with Crippen LogP contribution in [-0.4, -0.2) is 42.6 Å². The second kappa shape index (κ2) is 6.92. The second-order valence-corrected chi connectivity index (χ2v) is 4.84. The first kappa shape index (κ1) is 16.7. The summed E-state index contributed by atoms with van der Waals surface area (Å²) in [5.41, 5.74) is 1.60. The van der Waals surface area contributed by atoms with Crippen LogP contribution in [0.25, 0.3) is 0 Å². The fourth-order valence-electron chi connectivity index (χ4n) is 1.87. The summed E-state index contributed by atoms with van der Waals surface area (Å²) in [6, 6.07) is 0. The molecule has 0 radical (unpaired) electrons. The number of carbonyl (C=O) groups excluding carboxylic acids is 3. The molecule has 0 aliphatic rings. The Balaban J connectivity index is 2.93. The van der Waals surface area contributed by atoms with Crippen LogP contribution in [0.3, 0.4) is 0 Å². The standard InChI is InChI=1S/C14H20N2O5/c1-7(2)21-14(19)11-8(3)12(16-9(11)4)13(18)15-6-10(17)20-5/h7,16H,6H2,1-5H3,(H,15,18). The molecule has 21 heavy (non-hydrogen) atoms. The smallest absolute Gasteiger partial charge is 0.340 e. The maximum Gasteiger partial charge on any atom is 0.340 e. The van der Waals surface area contributed by atoms with E-state index in [1.807, 2.05) is 0 Å².